The van der Waals surface area contributed by atoms with Gasteiger partial charge in [0, 0.05) is 12.2 Å². The predicted octanol–water partition coefficient (Wildman–Crippen LogP) is 1.99. The Labute approximate surface area is 129 Å². The van der Waals surface area contributed by atoms with Crippen molar-refractivity contribution in [3.05, 3.63) is 23.2 Å². The molecule has 116 valence electrons. The Kier molecular flexibility index (Phi) is 5.45. The highest BCUT2D eigenvalue weighted by atomic mass is 35.5. The number of methoxy groups -OCH3 is 1. The normalized spacial score (nSPS) is 15.9. The number of anilines is 1. The maximum Gasteiger partial charge on any atom is 0.238 e. The molecule has 0 saturated heterocycles. The number of hydrogen-bond donors (Lipinski definition) is 2. The summed E-state index contributed by atoms with van der Waals surface area (Å²) in [6.45, 7) is 0.745. The molecule has 0 bridgehead atoms. The van der Waals surface area contributed by atoms with Gasteiger partial charge in [0.05, 0.1) is 24.8 Å². The van der Waals surface area contributed by atoms with Gasteiger partial charge >= 0.3 is 0 Å². The van der Waals surface area contributed by atoms with Crippen molar-refractivity contribution in [1.29, 1.82) is 0 Å². The average Bonchev–Trinajstić information content (AvgIpc) is 3.22. The van der Waals surface area contributed by atoms with Crippen LogP contribution in [0.3, 0.4) is 0 Å². The van der Waals surface area contributed by atoms with Gasteiger partial charge in [-0.25, -0.2) is 0 Å². The lowest BCUT2D eigenvalue weighted by atomic mass is 10.2. The highest BCUT2D eigenvalue weighted by Gasteiger charge is 2.30. The number of hydrogen-bond acceptors (Lipinski definition) is 4. The minimum absolute atomic E-state index is 0.137. The SMILES string of the molecule is COc1ccc(NC(=O)CN(C)CC(O)C2CC2)cc1Cl. The Bertz CT molecular complexity index is 506. The molecule has 5 nitrogen and oxygen atoms in total. The van der Waals surface area contributed by atoms with E-state index in [9.17, 15) is 9.90 Å². The molecule has 1 saturated carbocycles. The quantitative estimate of drug-likeness (QED) is 0.808. The molecule has 0 radical (unpaired) electrons. The van der Waals surface area contributed by atoms with Crippen LogP contribution in [0.4, 0.5) is 5.69 Å². The van der Waals surface area contributed by atoms with Crippen molar-refractivity contribution >= 4 is 23.2 Å². The molecule has 1 aliphatic carbocycles. The summed E-state index contributed by atoms with van der Waals surface area (Å²) in [5, 5.41) is 13.1. The van der Waals surface area contributed by atoms with Gasteiger partial charge in [-0.1, -0.05) is 11.6 Å². The number of carbonyl (C=O) groups excluding carboxylic acids is 1. The first kappa shape index (κ1) is 16.1. The summed E-state index contributed by atoms with van der Waals surface area (Å²) >= 11 is 6.01. The van der Waals surface area contributed by atoms with Crippen LogP contribution in [0.1, 0.15) is 12.8 Å². The first-order chi connectivity index (χ1) is 9.99. The summed E-state index contributed by atoms with van der Waals surface area (Å²) in [7, 11) is 3.37. The number of ether oxygens (including phenoxy) is 1. The van der Waals surface area contributed by atoms with Gasteiger partial charge in [0.15, 0.2) is 0 Å². The summed E-state index contributed by atoms with van der Waals surface area (Å²) < 4.78 is 5.06. The van der Waals surface area contributed by atoms with Crippen LogP contribution in [-0.4, -0.2) is 49.3 Å². The van der Waals surface area contributed by atoms with E-state index in [1.807, 2.05) is 11.9 Å². The van der Waals surface area contributed by atoms with Crippen molar-refractivity contribution in [2.75, 3.05) is 32.6 Å². The largest absolute Gasteiger partial charge is 0.495 e. The Balaban J connectivity index is 1.81. The number of aliphatic hydroxyl groups is 1. The van der Waals surface area contributed by atoms with Gasteiger partial charge in [-0.2, -0.15) is 0 Å². The molecule has 0 aliphatic heterocycles. The Morgan fingerprint density at radius 3 is 2.86 bits per heavy atom. The summed E-state index contributed by atoms with van der Waals surface area (Å²) in [6.07, 6.45) is 1.84. The molecule has 1 unspecified atom stereocenters. The van der Waals surface area contributed by atoms with E-state index in [2.05, 4.69) is 5.32 Å². The van der Waals surface area contributed by atoms with Crippen LogP contribution in [0.15, 0.2) is 18.2 Å². The smallest absolute Gasteiger partial charge is 0.238 e. The second-order valence-electron chi connectivity index (χ2n) is 5.50. The lowest BCUT2D eigenvalue weighted by molar-refractivity contribution is -0.117. The minimum Gasteiger partial charge on any atom is -0.495 e. The van der Waals surface area contributed by atoms with Gasteiger partial charge in [-0.15, -0.1) is 0 Å². The standard InChI is InChI=1S/C15H21ClN2O3/c1-18(8-13(19)10-3-4-10)9-15(20)17-11-5-6-14(21-2)12(16)7-11/h5-7,10,13,19H,3-4,8-9H2,1-2H3,(H,17,20). The molecule has 1 amide bonds. The van der Waals surface area contributed by atoms with E-state index in [0.29, 0.717) is 28.9 Å². The first-order valence-electron chi connectivity index (χ1n) is 6.99. The highest BCUT2D eigenvalue weighted by Crippen LogP contribution is 2.32. The van der Waals surface area contributed by atoms with Crippen LogP contribution in [0.5, 0.6) is 5.75 Å². The zero-order valence-electron chi connectivity index (χ0n) is 12.3. The fraction of sp³-hybridized carbons (Fsp3) is 0.533. The second-order valence-corrected chi connectivity index (χ2v) is 5.91. The molecular weight excluding hydrogens is 292 g/mol. The molecule has 2 rings (SSSR count). The third kappa shape index (κ3) is 4.88. The number of amides is 1. The van der Waals surface area contributed by atoms with Crippen molar-refractivity contribution in [1.82, 2.24) is 4.90 Å². The summed E-state index contributed by atoms with van der Waals surface area (Å²) in [5.74, 6) is 0.844. The van der Waals surface area contributed by atoms with Crippen LogP contribution in [0.25, 0.3) is 0 Å². The molecule has 1 aliphatic rings. The lowest BCUT2D eigenvalue weighted by Crippen LogP contribution is -2.36. The molecule has 21 heavy (non-hydrogen) atoms. The molecule has 1 aromatic rings. The van der Waals surface area contributed by atoms with Gasteiger partial charge < -0.3 is 15.2 Å². The molecule has 0 spiro atoms. The van der Waals surface area contributed by atoms with Crippen LogP contribution in [-0.2, 0) is 4.79 Å². The maximum atomic E-state index is 11.9. The number of aliphatic hydroxyl groups excluding tert-OH is 1. The summed E-state index contributed by atoms with van der Waals surface area (Å²) in [5.41, 5.74) is 0.627. The van der Waals surface area contributed by atoms with Crippen molar-refractivity contribution in [2.45, 2.75) is 18.9 Å². The van der Waals surface area contributed by atoms with Crippen molar-refractivity contribution < 1.29 is 14.6 Å². The van der Waals surface area contributed by atoms with Crippen molar-refractivity contribution in [3.63, 3.8) is 0 Å². The van der Waals surface area contributed by atoms with E-state index >= 15 is 0 Å². The molecule has 0 heterocycles. The van der Waals surface area contributed by atoms with E-state index in [4.69, 9.17) is 16.3 Å². The lowest BCUT2D eigenvalue weighted by Gasteiger charge is -2.19. The van der Waals surface area contributed by atoms with Gasteiger partial charge in [-0.3, -0.25) is 9.69 Å². The molecule has 0 aromatic heterocycles. The monoisotopic (exact) mass is 312 g/mol. The Hall–Kier alpha value is -1.30. The van der Waals surface area contributed by atoms with E-state index < -0.39 is 0 Å². The second kappa shape index (κ2) is 7.11. The number of halogens is 1. The zero-order valence-corrected chi connectivity index (χ0v) is 13.1. The first-order valence-corrected chi connectivity index (χ1v) is 7.37. The van der Waals surface area contributed by atoms with Crippen molar-refractivity contribution in [3.8, 4) is 5.75 Å². The number of rotatable bonds is 7. The van der Waals surface area contributed by atoms with Gasteiger partial charge in [0.1, 0.15) is 5.75 Å². The molecule has 1 aromatic carbocycles. The molecule has 1 atom stereocenters. The minimum atomic E-state index is -0.335. The third-order valence-electron chi connectivity index (χ3n) is 3.51. The number of nitrogens with zero attached hydrogens (tertiary/aromatic N) is 1. The number of nitrogens with one attached hydrogen (secondary N) is 1. The van der Waals surface area contributed by atoms with E-state index in [1.54, 1.807) is 25.3 Å². The predicted molar refractivity (Wildman–Crippen MR) is 82.9 cm³/mol. The highest BCUT2D eigenvalue weighted by molar-refractivity contribution is 6.32. The fourth-order valence-corrected chi connectivity index (χ4v) is 2.46. The topological polar surface area (TPSA) is 61.8 Å². The van der Waals surface area contributed by atoms with Gasteiger partial charge in [-0.05, 0) is 44.0 Å². The number of benzene rings is 1. The van der Waals surface area contributed by atoms with Crippen LogP contribution in [0, 0.1) is 5.92 Å². The van der Waals surface area contributed by atoms with Crippen molar-refractivity contribution in [2.24, 2.45) is 5.92 Å². The van der Waals surface area contributed by atoms with Crippen LogP contribution < -0.4 is 10.1 Å². The zero-order chi connectivity index (χ0) is 15.4. The van der Waals surface area contributed by atoms with Crippen LogP contribution >= 0.6 is 11.6 Å². The number of carbonyl (C=O) groups is 1. The third-order valence-corrected chi connectivity index (χ3v) is 3.81. The van der Waals surface area contributed by atoms with E-state index in [0.717, 1.165) is 12.8 Å². The Morgan fingerprint density at radius 1 is 1.57 bits per heavy atom. The average molecular weight is 313 g/mol. The van der Waals surface area contributed by atoms with Gasteiger partial charge in [0.25, 0.3) is 0 Å². The summed E-state index contributed by atoms with van der Waals surface area (Å²) in [6, 6.07) is 5.09. The maximum absolute atomic E-state index is 11.9. The molecule has 1 fully saturated rings. The van der Waals surface area contributed by atoms with Crippen LogP contribution in [0.2, 0.25) is 5.02 Å². The number of likely N-dealkylation sites (N-methyl/N-ethyl adjacent to an activating group) is 1. The van der Waals surface area contributed by atoms with Gasteiger partial charge in [0.2, 0.25) is 5.91 Å². The molecular formula is C15H21ClN2O3. The molecule has 6 heteroatoms. The van der Waals surface area contributed by atoms with E-state index in [-0.39, 0.29) is 18.6 Å². The molecule has 2 N–H and O–H groups in total. The Morgan fingerprint density at radius 2 is 2.29 bits per heavy atom. The summed E-state index contributed by atoms with van der Waals surface area (Å²) in [4.78, 5) is 13.8. The van der Waals surface area contributed by atoms with E-state index in [1.165, 1.54) is 0 Å². The fourth-order valence-electron chi connectivity index (χ4n) is 2.20.